The largest absolute Gasteiger partial charge is 0.370 e. The lowest BCUT2D eigenvalue weighted by atomic mass is 9.86. The summed E-state index contributed by atoms with van der Waals surface area (Å²) in [6.07, 6.45) is 4.87. The van der Waals surface area contributed by atoms with Crippen molar-refractivity contribution in [3.05, 3.63) is 34.1 Å². The van der Waals surface area contributed by atoms with Gasteiger partial charge in [0, 0.05) is 18.5 Å². The Bertz CT molecular complexity index is 534. The van der Waals surface area contributed by atoms with E-state index < -0.39 is 0 Å². The summed E-state index contributed by atoms with van der Waals surface area (Å²) >= 11 is 3.17. The number of aliphatic imine (C=N–C) groups is 1. The molecule has 0 amide bonds. The predicted molar refractivity (Wildman–Crippen MR) is 97.6 cm³/mol. The van der Waals surface area contributed by atoms with Crippen molar-refractivity contribution >= 4 is 45.9 Å². The molecule has 0 radical (unpaired) electrons. The molecule has 2 atom stereocenters. The molecule has 2 aliphatic carbocycles. The molecule has 3 N–H and O–H groups in total. The van der Waals surface area contributed by atoms with Crippen molar-refractivity contribution in [3.8, 4) is 0 Å². The van der Waals surface area contributed by atoms with Crippen LogP contribution in [0.25, 0.3) is 0 Å². The standard InChI is InChI=1S/C15H19BrFN3.HI/c16-12-5-4-10(6-13(12)17)11-7-14(11)20-15(18)19-8-9-2-1-3-9;/h4-6,9,11,14H,1-3,7-8H2,(H3,18,19,20);1H/t11-,14+;/m0./s1. The Labute approximate surface area is 150 Å². The Kier molecular flexibility index (Phi) is 5.88. The van der Waals surface area contributed by atoms with Crippen molar-refractivity contribution in [1.82, 2.24) is 5.32 Å². The normalized spacial score (nSPS) is 25.0. The first-order chi connectivity index (χ1) is 9.63. The van der Waals surface area contributed by atoms with Crippen LogP contribution < -0.4 is 11.1 Å². The molecule has 0 bridgehead atoms. The van der Waals surface area contributed by atoms with Gasteiger partial charge in [-0.2, -0.15) is 0 Å². The highest BCUT2D eigenvalue weighted by Gasteiger charge is 2.39. The highest BCUT2D eigenvalue weighted by atomic mass is 127. The summed E-state index contributed by atoms with van der Waals surface area (Å²) in [5.74, 6) is 1.39. The van der Waals surface area contributed by atoms with E-state index in [4.69, 9.17) is 5.73 Å². The highest BCUT2D eigenvalue weighted by Crippen LogP contribution is 2.41. The van der Waals surface area contributed by atoms with E-state index in [1.807, 2.05) is 6.07 Å². The summed E-state index contributed by atoms with van der Waals surface area (Å²) in [4.78, 5) is 4.39. The van der Waals surface area contributed by atoms with Crippen molar-refractivity contribution in [3.63, 3.8) is 0 Å². The molecule has 2 aliphatic rings. The van der Waals surface area contributed by atoms with E-state index in [1.165, 1.54) is 19.3 Å². The smallest absolute Gasteiger partial charge is 0.188 e. The lowest BCUT2D eigenvalue weighted by Crippen LogP contribution is -2.35. The van der Waals surface area contributed by atoms with E-state index in [9.17, 15) is 4.39 Å². The van der Waals surface area contributed by atoms with Crippen LogP contribution in [0.5, 0.6) is 0 Å². The zero-order valence-electron chi connectivity index (χ0n) is 11.7. The lowest BCUT2D eigenvalue weighted by molar-refractivity contribution is 0.326. The summed E-state index contributed by atoms with van der Waals surface area (Å²) in [5, 5.41) is 3.23. The van der Waals surface area contributed by atoms with Gasteiger partial charge in [-0.25, -0.2) is 4.39 Å². The fourth-order valence-electron chi connectivity index (χ4n) is 2.60. The summed E-state index contributed by atoms with van der Waals surface area (Å²) in [7, 11) is 0. The van der Waals surface area contributed by atoms with Gasteiger partial charge in [-0.3, -0.25) is 4.99 Å². The third-order valence-electron chi connectivity index (χ3n) is 4.24. The van der Waals surface area contributed by atoms with Crippen molar-refractivity contribution < 1.29 is 4.39 Å². The Morgan fingerprint density at radius 3 is 2.81 bits per heavy atom. The van der Waals surface area contributed by atoms with Gasteiger partial charge in [-0.05, 0) is 58.8 Å². The Morgan fingerprint density at radius 1 is 1.43 bits per heavy atom. The zero-order valence-corrected chi connectivity index (χ0v) is 15.6. The minimum Gasteiger partial charge on any atom is -0.370 e. The first-order valence-corrected chi connectivity index (χ1v) is 7.94. The van der Waals surface area contributed by atoms with Gasteiger partial charge in [0.05, 0.1) is 4.47 Å². The third kappa shape index (κ3) is 4.31. The fraction of sp³-hybridized carbons (Fsp3) is 0.533. The maximum atomic E-state index is 13.5. The number of nitrogens with one attached hydrogen (secondary N) is 1. The molecular weight excluding hydrogens is 448 g/mol. The van der Waals surface area contributed by atoms with Crippen LogP contribution in [0.2, 0.25) is 0 Å². The molecule has 21 heavy (non-hydrogen) atoms. The first kappa shape index (κ1) is 17.0. The lowest BCUT2D eigenvalue weighted by Gasteiger charge is -2.23. The molecular formula is C15H20BrFIN3. The van der Waals surface area contributed by atoms with E-state index >= 15 is 0 Å². The molecule has 0 aromatic heterocycles. The minimum atomic E-state index is -0.209. The number of benzene rings is 1. The van der Waals surface area contributed by atoms with Gasteiger partial charge in [-0.1, -0.05) is 12.5 Å². The Balaban J connectivity index is 0.00000161. The van der Waals surface area contributed by atoms with Gasteiger partial charge in [-0.15, -0.1) is 24.0 Å². The van der Waals surface area contributed by atoms with Gasteiger partial charge < -0.3 is 11.1 Å². The van der Waals surface area contributed by atoms with Crippen LogP contribution in [0, 0.1) is 11.7 Å². The SMILES string of the molecule is I.NC(=NCC1CCC1)N[C@@H]1C[C@H]1c1ccc(Br)c(F)c1. The molecule has 0 unspecified atom stereocenters. The number of guanidine groups is 1. The summed E-state index contributed by atoms with van der Waals surface area (Å²) in [5.41, 5.74) is 6.92. The number of nitrogens with two attached hydrogens (primary N) is 1. The molecule has 0 spiro atoms. The molecule has 3 nitrogen and oxygen atoms in total. The van der Waals surface area contributed by atoms with E-state index in [0.717, 1.165) is 24.4 Å². The molecule has 0 saturated heterocycles. The molecule has 0 aliphatic heterocycles. The minimum absolute atomic E-state index is 0. The average Bonchev–Trinajstić information content (AvgIpc) is 3.10. The molecule has 1 aromatic carbocycles. The first-order valence-electron chi connectivity index (χ1n) is 7.15. The molecule has 2 saturated carbocycles. The van der Waals surface area contributed by atoms with Gasteiger partial charge in [0.2, 0.25) is 0 Å². The van der Waals surface area contributed by atoms with Gasteiger partial charge in [0.15, 0.2) is 5.96 Å². The van der Waals surface area contributed by atoms with Gasteiger partial charge in [0.1, 0.15) is 5.82 Å². The van der Waals surface area contributed by atoms with E-state index in [0.29, 0.717) is 22.4 Å². The van der Waals surface area contributed by atoms with Gasteiger partial charge >= 0.3 is 0 Å². The van der Waals surface area contributed by atoms with Crippen molar-refractivity contribution in [2.45, 2.75) is 37.6 Å². The number of hydrogen-bond acceptors (Lipinski definition) is 1. The van der Waals surface area contributed by atoms with Crippen molar-refractivity contribution in [2.24, 2.45) is 16.6 Å². The quantitative estimate of drug-likeness (QED) is 0.402. The predicted octanol–water partition coefficient (Wildman–Crippen LogP) is 3.77. The average molecular weight is 468 g/mol. The zero-order chi connectivity index (χ0) is 14.1. The molecule has 2 fully saturated rings. The molecule has 116 valence electrons. The topological polar surface area (TPSA) is 50.4 Å². The van der Waals surface area contributed by atoms with E-state index in [1.54, 1.807) is 12.1 Å². The Morgan fingerprint density at radius 2 is 2.19 bits per heavy atom. The molecule has 3 rings (SSSR count). The second-order valence-corrected chi connectivity index (χ2v) is 6.64. The Hall–Kier alpha value is -0.370. The third-order valence-corrected chi connectivity index (χ3v) is 4.88. The maximum absolute atomic E-state index is 13.5. The summed E-state index contributed by atoms with van der Waals surface area (Å²) in [6.45, 7) is 0.836. The second kappa shape index (κ2) is 7.26. The second-order valence-electron chi connectivity index (χ2n) is 5.79. The van der Waals surface area contributed by atoms with Crippen molar-refractivity contribution in [2.75, 3.05) is 6.54 Å². The fourth-order valence-corrected chi connectivity index (χ4v) is 2.85. The van der Waals surface area contributed by atoms with E-state index in [-0.39, 0.29) is 29.8 Å². The van der Waals surface area contributed by atoms with Crippen LogP contribution in [0.4, 0.5) is 4.39 Å². The molecule has 0 heterocycles. The number of halogens is 3. The van der Waals surface area contributed by atoms with Crippen LogP contribution in [0.3, 0.4) is 0 Å². The number of rotatable bonds is 4. The van der Waals surface area contributed by atoms with Crippen LogP contribution in [-0.2, 0) is 0 Å². The highest BCUT2D eigenvalue weighted by molar-refractivity contribution is 14.0. The van der Waals surface area contributed by atoms with Crippen LogP contribution >= 0.6 is 39.9 Å². The number of nitrogens with zero attached hydrogens (tertiary/aromatic N) is 1. The molecule has 1 aromatic rings. The van der Waals surface area contributed by atoms with Crippen LogP contribution in [0.1, 0.15) is 37.2 Å². The summed E-state index contributed by atoms with van der Waals surface area (Å²) < 4.78 is 14.0. The van der Waals surface area contributed by atoms with Crippen molar-refractivity contribution in [1.29, 1.82) is 0 Å². The van der Waals surface area contributed by atoms with Crippen LogP contribution in [-0.4, -0.2) is 18.5 Å². The number of hydrogen-bond donors (Lipinski definition) is 2. The molecule has 6 heteroatoms. The summed E-state index contributed by atoms with van der Waals surface area (Å²) in [6, 6.07) is 5.61. The van der Waals surface area contributed by atoms with Crippen LogP contribution in [0.15, 0.2) is 27.7 Å². The van der Waals surface area contributed by atoms with Gasteiger partial charge in [0.25, 0.3) is 0 Å². The maximum Gasteiger partial charge on any atom is 0.188 e. The monoisotopic (exact) mass is 467 g/mol. The van der Waals surface area contributed by atoms with E-state index in [2.05, 4.69) is 26.2 Å².